The van der Waals surface area contributed by atoms with E-state index in [-0.39, 0.29) is 11.3 Å². The number of rotatable bonds is 5. The van der Waals surface area contributed by atoms with Gasteiger partial charge in [0.1, 0.15) is 0 Å². The van der Waals surface area contributed by atoms with Gasteiger partial charge in [-0.2, -0.15) is 0 Å². The lowest BCUT2D eigenvalue weighted by atomic mass is 10.1. The molecule has 3 aromatic rings. The van der Waals surface area contributed by atoms with Crippen LogP contribution in [0.1, 0.15) is 20.7 Å². The van der Waals surface area contributed by atoms with Crippen molar-refractivity contribution in [3.05, 3.63) is 58.2 Å². The van der Waals surface area contributed by atoms with Gasteiger partial charge in [-0.05, 0) is 34.1 Å². The first kappa shape index (κ1) is 18.7. The summed E-state index contributed by atoms with van der Waals surface area (Å²) in [5.74, 6) is -0.189. The Morgan fingerprint density at radius 3 is 2.37 bits per heavy atom. The predicted octanol–water partition coefficient (Wildman–Crippen LogP) is 3.37. The van der Waals surface area contributed by atoms with Crippen molar-refractivity contribution in [2.75, 3.05) is 19.5 Å². The number of methoxy groups -OCH3 is 2. The molecule has 1 heterocycles. The van der Waals surface area contributed by atoms with Gasteiger partial charge < -0.3 is 20.5 Å². The van der Waals surface area contributed by atoms with Crippen LogP contribution in [0.5, 0.6) is 11.5 Å². The van der Waals surface area contributed by atoms with E-state index in [2.05, 4.69) is 26.2 Å². The van der Waals surface area contributed by atoms with E-state index in [0.29, 0.717) is 32.4 Å². The second-order valence-electron chi connectivity index (χ2n) is 5.57. The summed E-state index contributed by atoms with van der Waals surface area (Å²) < 4.78 is 11.2. The number of ether oxygens (including phenoxy) is 2. The van der Waals surface area contributed by atoms with Gasteiger partial charge in [0.15, 0.2) is 11.5 Å². The summed E-state index contributed by atoms with van der Waals surface area (Å²) in [4.78, 5) is 28.9. The summed E-state index contributed by atoms with van der Waals surface area (Å²) in [7, 11) is 3.01. The standard InChI is InChI=1S/C19H16BrN3O4/c1-26-15-7-11-14(8-16(15)27-2)22-9-12(18(21)24)17(11)23-19(25)10-5-3-4-6-13(10)20/h3-9H,1-2H3,(H2,21,24)(H,22,23,25). The highest BCUT2D eigenvalue weighted by Gasteiger charge is 2.19. The fraction of sp³-hybridized carbons (Fsp3) is 0.105. The normalized spacial score (nSPS) is 10.5. The first-order valence-corrected chi connectivity index (χ1v) is 8.66. The molecule has 2 amide bonds. The summed E-state index contributed by atoms with van der Waals surface area (Å²) in [5.41, 5.74) is 6.76. The highest BCUT2D eigenvalue weighted by molar-refractivity contribution is 9.10. The second-order valence-corrected chi connectivity index (χ2v) is 6.42. The minimum atomic E-state index is -0.707. The number of nitrogens with two attached hydrogens (primary N) is 1. The molecule has 7 nitrogen and oxygen atoms in total. The predicted molar refractivity (Wildman–Crippen MR) is 105 cm³/mol. The zero-order chi connectivity index (χ0) is 19.6. The number of nitrogens with zero attached hydrogens (tertiary/aromatic N) is 1. The molecule has 0 saturated heterocycles. The lowest BCUT2D eigenvalue weighted by Crippen LogP contribution is -2.19. The van der Waals surface area contributed by atoms with E-state index in [0.717, 1.165) is 0 Å². The largest absolute Gasteiger partial charge is 0.493 e. The molecule has 0 aliphatic carbocycles. The summed E-state index contributed by atoms with van der Waals surface area (Å²) in [6, 6.07) is 10.3. The van der Waals surface area contributed by atoms with Gasteiger partial charge >= 0.3 is 0 Å². The number of amides is 2. The van der Waals surface area contributed by atoms with Crippen molar-refractivity contribution in [2.45, 2.75) is 0 Å². The number of carbonyl (C=O) groups excluding carboxylic acids is 2. The second kappa shape index (κ2) is 7.63. The van der Waals surface area contributed by atoms with Crippen molar-refractivity contribution < 1.29 is 19.1 Å². The van der Waals surface area contributed by atoms with Crippen molar-refractivity contribution in [3.63, 3.8) is 0 Å². The number of pyridine rings is 1. The van der Waals surface area contributed by atoms with Gasteiger partial charge in [-0.15, -0.1) is 0 Å². The molecular formula is C19H16BrN3O4. The molecule has 0 bridgehead atoms. The number of hydrogen-bond donors (Lipinski definition) is 2. The molecule has 0 aliphatic rings. The van der Waals surface area contributed by atoms with Gasteiger partial charge in [0, 0.05) is 22.1 Å². The molecule has 0 unspecified atom stereocenters. The molecule has 0 spiro atoms. The van der Waals surface area contributed by atoms with Crippen LogP contribution in [0.2, 0.25) is 0 Å². The van der Waals surface area contributed by atoms with Crippen molar-refractivity contribution in [1.29, 1.82) is 0 Å². The number of benzene rings is 2. The maximum atomic E-state index is 12.8. The number of carbonyl (C=O) groups is 2. The zero-order valence-electron chi connectivity index (χ0n) is 14.6. The molecule has 0 saturated carbocycles. The third-order valence-electron chi connectivity index (χ3n) is 4.00. The minimum Gasteiger partial charge on any atom is -0.493 e. The summed E-state index contributed by atoms with van der Waals surface area (Å²) in [6.07, 6.45) is 1.33. The van der Waals surface area contributed by atoms with Gasteiger partial charge in [0.05, 0.1) is 36.6 Å². The van der Waals surface area contributed by atoms with Crippen LogP contribution in [0.3, 0.4) is 0 Å². The Hall–Kier alpha value is -3.13. The zero-order valence-corrected chi connectivity index (χ0v) is 16.2. The Morgan fingerprint density at radius 1 is 1.07 bits per heavy atom. The molecule has 0 aliphatic heterocycles. The third kappa shape index (κ3) is 3.56. The fourth-order valence-corrected chi connectivity index (χ4v) is 3.13. The average Bonchev–Trinajstić information content (AvgIpc) is 2.67. The highest BCUT2D eigenvalue weighted by atomic mass is 79.9. The lowest BCUT2D eigenvalue weighted by molar-refractivity contribution is 0.100. The Labute approximate surface area is 163 Å². The Kier molecular flexibility index (Phi) is 5.27. The molecule has 3 rings (SSSR count). The van der Waals surface area contributed by atoms with E-state index in [9.17, 15) is 9.59 Å². The van der Waals surface area contributed by atoms with Crippen LogP contribution in [0, 0.1) is 0 Å². The summed E-state index contributed by atoms with van der Waals surface area (Å²) in [6.45, 7) is 0. The number of nitrogens with one attached hydrogen (secondary N) is 1. The van der Waals surface area contributed by atoms with E-state index in [1.165, 1.54) is 20.4 Å². The molecule has 0 atom stereocenters. The van der Waals surface area contributed by atoms with Crippen LogP contribution >= 0.6 is 15.9 Å². The van der Waals surface area contributed by atoms with Gasteiger partial charge in [0.2, 0.25) is 0 Å². The number of anilines is 1. The van der Waals surface area contributed by atoms with Crippen LogP contribution in [-0.4, -0.2) is 31.0 Å². The maximum absolute atomic E-state index is 12.8. The molecule has 27 heavy (non-hydrogen) atoms. The topological polar surface area (TPSA) is 104 Å². The molecule has 0 radical (unpaired) electrons. The maximum Gasteiger partial charge on any atom is 0.256 e. The quantitative estimate of drug-likeness (QED) is 0.646. The number of primary amides is 1. The highest BCUT2D eigenvalue weighted by Crippen LogP contribution is 2.36. The number of hydrogen-bond acceptors (Lipinski definition) is 5. The van der Waals surface area contributed by atoms with Gasteiger partial charge in [-0.3, -0.25) is 14.6 Å². The van der Waals surface area contributed by atoms with Crippen LogP contribution < -0.4 is 20.5 Å². The van der Waals surface area contributed by atoms with Gasteiger partial charge in [0.25, 0.3) is 11.8 Å². The Balaban J connectivity index is 2.19. The minimum absolute atomic E-state index is 0.0927. The average molecular weight is 430 g/mol. The lowest BCUT2D eigenvalue weighted by Gasteiger charge is -2.15. The molecule has 2 aromatic carbocycles. The van der Waals surface area contributed by atoms with E-state index in [1.54, 1.807) is 36.4 Å². The monoisotopic (exact) mass is 429 g/mol. The molecule has 1 aromatic heterocycles. The summed E-state index contributed by atoms with van der Waals surface area (Å²) >= 11 is 3.35. The van der Waals surface area contributed by atoms with Crippen LogP contribution in [0.4, 0.5) is 5.69 Å². The Morgan fingerprint density at radius 2 is 1.74 bits per heavy atom. The van der Waals surface area contributed by atoms with Crippen molar-refractivity contribution in [2.24, 2.45) is 5.73 Å². The van der Waals surface area contributed by atoms with Crippen LogP contribution in [-0.2, 0) is 0 Å². The van der Waals surface area contributed by atoms with Crippen LogP contribution in [0.15, 0.2) is 47.1 Å². The molecule has 3 N–H and O–H groups in total. The number of aromatic nitrogens is 1. The van der Waals surface area contributed by atoms with E-state index in [4.69, 9.17) is 15.2 Å². The fourth-order valence-electron chi connectivity index (χ4n) is 2.67. The molecule has 138 valence electrons. The van der Waals surface area contributed by atoms with E-state index in [1.807, 2.05) is 0 Å². The van der Waals surface area contributed by atoms with E-state index < -0.39 is 11.8 Å². The van der Waals surface area contributed by atoms with Crippen molar-refractivity contribution >= 4 is 44.3 Å². The van der Waals surface area contributed by atoms with Crippen molar-refractivity contribution in [1.82, 2.24) is 4.98 Å². The Bertz CT molecular complexity index is 1050. The van der Waals surface area contributed by atoms with Gasteiger partial charge in [-0.1, -0.05) is 12.1 Å². The number of fused-ring (bicyclic) bond motifs is 1. The first-order valence-electron chi connectivity index (χ1n) is 7.86. The van der Waals surface area contributed by atoms with Gasteiger partial charge in [-0.25, -0.2) is 0 Å². The molecule has 0 fully saturated rings. The molecule has 8 heteroatoms. The first-order chi connectivity index (χ1) is 13.0. The molecular weight excluding hydrogens is 414 g/mol. The third-order valence-corrected chi connectivity index (χ3v) is 4.69. The van der Waals surface area contributed by atoms with E-state index >= 15 is 0 Å². The summed E-state index contributed by atoms with van der Waals surface area (Å²) in [5, 5.41) is 3.28. The SMILES string of the molecule is COc1cc2ncc(C(N)=O)c(NC(=O)c3ccccc3Br)c2cc1OC. The van der Waals surface area contributed by atoms with Crippen LogP contribution in [0.25, 0.3) is 10.9 Å². The number of halogens is 1. The smallest absolute Gasteiger partial charge is 0.256 e. The van der Waals surface area contributed by atoms with Crippen molar-refractivity contribution in [3.8, 4) is 11.5 Å².